The van der Waals surface area contributed by atoms with Crippen molar-refractivity contribution in [1.82, 2.24) is 19.9 Å². The maximum Gasteiger partial charge on any atom is 0.227 e. The zero-order chi connectivity index (χ0) is 27.4. The van der Waals surface area contributed by atoms with Crippen LogP contribution >= 0.6 is 11.3 Å². The fourth-order valence-electron chi connectivity index (χ4n) is 4.80. The van der Waals surface area contributed by atoms with Crippen molar-refractivity contribution in [3.05, 3.63) is 59.2 Å². The Morgan fingerprint density at radius 1 is 0.974 bits per heavy atom. The highest BCUT2D eigenvalue weighted by Crippen LogP contribution is 2.39. The monoisotopic (exact) mass is 544 g/mol. The first-order valence-corrected chi connectivity index (χ1v) is 14.2. The summed E-state index contributed by atoms with van der Waals surface area (Å²) in [6.45, 7) is 8.29. The molecule has 39 heavy (non-hydrogen) atoms. The second kappa shape index (κ2) is 12.0. The molecule has 3 heterocycles. The van der Waals surface area contributed by atoms with Gasteiger partial charge in [0.15, 0.2) is 0 Å². The molecule has 0 saturated carbocycles. The van der Waals surface area contributed by atoms with Crippen molar-refractivity contribution in [1.29, 1.82) is 0 Å². The van der Waals surface area contributed by atoms with Crippen LogP contribution in [0.2, 0.25) is 0 Å². The Bertz CT molecular complexity index is 1430. The van der Waals surface area contributed by atoms with Crippen molar-refractivity contribution in [2.45, 2.75) is 26.7 Å². The number of thiazole rings is 1. The molecular weight excluding hydrogens is 508 g/mol. The Kier molecular flexibility index (Phi) is 8.28. The van der Waals surface area contributed by atoms with Gasteiger partial charge in [-0.05, 0) is 68.8 Å². The fourth-order valence-corrected chi connectivity index (χ4v) is 5.95. The number of aromatic nitrogens is 3. The Morgan fingerprint density at radius 2 is 1.79 bits per heavy atom. The van der Waals surface area contributed by atoms with E-state index in [2.05, 4.69) is 59.2 Å². The normalized spacial score (nSPS) is 13.9. The Morgan fingerprint density at radius 3 is 2.54 bits per heavy atom. The molecule has 0 radical (unpaired) electrons. The average Bonchev–Trinajstić information content (AvgIpc) is 3.37. The van der Waals surface area contributed by atoms with Gasteiger partial charge in [-0.2, -0.15) is 0 Å². The molecule has 5 rings (SSSR count). The number of rotatable bonds is 9. The topological polar surface area (TPSA) is 75.6 Å². The molecule has 0 atom stereocenters. The highest BCUT2D eigenvalue weighted by molar-refractivity contribution is 7.15. The Balaban J connectivity index is 1.44. The van der Waals surface area contributed by atoms with Gasteiger partial charge in [0, 0.05) is 49.7 Å². The van der Waals surface area contributed by atoms with Crippen molar-refractivity contribution in [2.75, 3.05) is 57.7 Å². The minimum atomic E-state index is 0.528. The predicted octanol–water partition coefficient (Wildman–Crippen LogP) is 6.04. The number of likely N-dealkylation sites (N-methyl/N-ethyl adjacent to an activating group) is 1. The van der Waals surface area contributed by atoms with Crippen LogP contribution in [0.15, 0.2) is 48.7 Å². The lowest BCUT2D eigenvalue weighted by Crippen LogP contribution is -2.44. The number of hydrogen-bond donors (Lipinski definition) is 1. The largest absolute Gasteiger partial charge is 0.497 e. The lowest BCUT2D eigenvalue weighted by Gasteiger charge is -2.34. The van der Waals surface area contributed by atoms with Gasteiger partial charge in [0.05, 0.1) is 41.2 Å². The first-order chi connectivity index (χ1) is 19.0. The summed E-state index contributed by atoms with van der Waals surface area (Å²) in [6.07, 6.45) is 3.75. The summed E-state index contributed by atoms with van der Waals surface area (Å²) < 4.78 is 11.3. The Hall–Kier alpha value is -3.69. The van der Waals surface area contributed by atoms with Crippen molar-refractivity contribution >= 4 is 28.7 Å². The van der Waals surface area contributed by atoms with Crippen molar-refractivity contribution in [3.63, 3.8) is 0 Å². The first kappa shape index (κ1) is 26.9. The number of ether oxygens (including phenoxy) is 2. The van der Waals surface area contributed by atoms with Gasteiger partial charge in [0.25, 0.3) is 0 Å². The van der Waals surface area contributed by atoms with Crippen LogP contribution in [0, 0.1) is 6.92 Å². The van der Waals surface area contributed by atoms with E-state index in [9.17, 15) is 0 Å². The van der Waals surface area contributed by atoms with Crippen molar-refractivity contribution in [2.24, 2.45) is 0 Å². The number of hydrogen-bond acceptors (Lipinski definition) is 9. The molecule has 0 unspecified atom stereocenters. The minimum Gasteiger partial charge on any atom is -0.497 e. The van der Waals surface area contributed by atoms with Crippen LogP contribution in [-0.2, 0) is 6.42 Å². The smallest absolute Gasteiger partial charge is 0.227 e. The highest BCUT2D eigenvalue weighted by Gasteiger charge is 2.20. The number of benzene rings is 2. The predicted molar refractivity (Wildman–Crippen MR) is 160 cm³/mol. The highest BCUT2D eigenvalue weighted by atomic mass is 32.1. The van der Waals surface area contributed by atoms with E-state index >= 15 is 0 Å². The van der Waals surface area contributed by atoms with Crippen LogP contribution in [0.5, 0.6) is 11.5 Å². The molecular formula is C30H36N6O2S. The molecule has 4 aromatic rings. The molecule has 0 bridgehead atoms. The van der Waals surface area contributed by atoms with E-state index in [0.29, 0.717) is 5.95 Å². The third-order valence-electron chi connectivity index (χ3n) is 6.86. The van der Waals surface area contributed by atoms with Gasteiger partial charge >= 0.3 is 0 Å². The van der Waals surface area contributed by atoms with E-state index in [0.717, 1.165) is 94.3 Å². The zero-order valence-electron chi connectivity index (χ0n) is 23.3. The van der Waals surface area contributed by atoms with E-state index in [4.69, 9.17) is 19.4 Å². The molecule has 9 heteroatoms. The third kappa shape index (κ3) is 6.15. The molecule has 0 spiro atoms. The maximum atomic E-state index is 5.76. The molecule has 2 aromatic carbocycles. The molecule has 0 aliphatic carbocycles. The second-order valence-corrected chi connectivity index (χ2v) is 10.9. The molecule has 8 nitrogen and oxygen atoms in total. The number of piperazine rings is 1. The summed E-state index contributed by atoms with van der Waals surface area (Å²) >= 11 is 1.69. The molecule has 204 valence electrons. The average molecular weight is 545 g/mol. The van der Waals surface area contributed by atoms with E-state index in [-0.39, 0.29) is 0 Å². The van der Waals surface area contributed by atoms with Gasteiger partial charge in [-0.3, -0.25) is 0 Å². The summed E-state index contributed by atoms with van der Waals surface area (Å²) in [7, 11) is 5.57. The van der Waals surface area contributed by atoms with Gasteiger partial charge in [-0.1, -0.05) is 6.92 Å². The SMILES string of the molecule is CCCc1nc(-c2cc(C)cc(OC)c2)c(-c2ccnc(Nc3ccc(N4CCN(C)CC4)c(OC)c3)n2)s1. The molecule has 1 fully saturated rings. The van der Waals surface area contributed by atoms with Gasteiger partial charge in [0.2, 0.25) is 5.95 Å². The third-order valence-corrected chi connectivity index (χ3v) is 8.00. The van der Waals surface area contributed by atoms with Crippen LogP contribution in [0.3, 0.4) is 0 Å². The van der Waals surface area contributed by atoms with E-state index in [1.807, 2.05) is 24.3 Å². The van der Waals surface area contributed by atoms with Gasteiger partial charge < -0.3 is 24.6 Å². The van der Waals surface area contributed by atoms with Gasteiger partial charge in [-0.15, -0.1) is 11.3 Å². The van der Waals surface area contributed by atoms with Crippen molar-refractivity contribution < 1.29 is 9.47 Å². The second-order valence-electron chi connectivity index (χ2n) is 9.84. The fraction of sp³-hybridized carbons (Fsp3) is 0.367. The quantitative estimate of drug-likeness (QED) is 0.273. The lowest BCUT2D eigenvalue weighted by molar-refractivity contribution is 0.311. The molecule has 2 aromatic heterocycles. The number of methoxy groups -OCH3 is 2. The number of anilines is 3. The van der Waals surface area contributed by atoms with Crippen LogP contribution in [0.4, 0.5) is 17.3 Å². The molecule has 0 amide bonds. The van der Waals surface area contributed by atoms with E-state index in [1.54, 1.807) is 31.8 Å². The number of nitrogens with one attached hydrogen (secondary N) is 1. The lowest BCUT2D eigenvalue weighted by atomic mass is 10.1. The molecule has 1 aliphatic heterocycles. The van der Waals surface area contributed by atoms with E-state index in [1.165, 1.54) is 0 Å². The van der Waals surface area contributed by atoms with Crippen LogP contribution in [-0.4, -0.2) is 67.3 Å². The molecule has 1 saturated heterocycles. The molecule has 1 aliphatic rings. The zero-order valence-corrected chi connectivity index (χ0v) is 24.1. The first-order valence-electron chi connectivity index (χ1n) is 13.3. The summed E-state index contributed by atoms with van der Waals surface area (Å²) in [6, 6.07) is 14.3. The summed E-state index contributed by atoms with van der Waals surface area (Å²) in [5, 5.41) is 4.48. The Labute approximate surface area is 234 Å². The summed E-state index contributed by atoms with van der Waals surface area (Å²) in [4.78, 5) is 20.2. The summed E-state index contributed by atoms with van der Waals surface area (Å²) in [5.41, 5.74) is 5.90. The number of aryl methyl sites for hydroxylation is 2. The minimum absolute atomic E-state index is 0.528. The number of nitrogens with zero attached hydrogens (tertiary/aromatic N) is 5. The van der Waals surface area contributed by atoms with Crippen LogP contribution < -0.4 is 19.7 Å². The standard InChI is InChI=1S/C30H36N6O2S/c1-6-7-27-34-28(21-16-20(2)17-23(18-21)37-4)29(39-27)24-10-11-31-30(33-24)32-22-8-9-25(26(19-22)38-5)36-14-12-35(3)13-15-36/h8-11,16-19H,6-7,12-15H2,1-5H3,(H,31,32,33). The molecule has 1 N–H and O–H groups in total. The van der Waals surface area contributed by atoms with Gasteiger partial charge in [0.1, 0.15) is 11.5 Å². The van der Waals surface area contributed by atoms with Crippen molar-refractivity contribution in [3.8, 4) is 33.3 Å². The summed E-state index contributed by atoms with van der Waals surface area (Å²) in [5.74, 6) is 2.18. The van der Waals surface area contributed by atoms with Gasteiger partial charge in [-0.25, -0.2) is 15.0 Å². The maximum absolute atomic E-state index is 5.76. The van der Waals surface area contributed by atoms with Crippen LogP contribution in [0.25, 0.3) is 21.8 Å². The van der Waals surface area contributed by atoms with Crippen LogP contribution in [0.1, 0.15) is 23.9 Å². The van der Waals surface area contributed by atoms with E-state index < -0.39 is 0 Å².